The molecule has 2 aliphatic heterocycles. The molecule has 0 bridgehead atoms. The van der Waals surface area contributed by atoms with E-state index in [2.05, 4.69) is 0 Å². The van der Waals surface area contributed by atoms with Crippen LogP contribution in [0.5, 0.6) is 0 Å². The van der Waals surface area contributed by atoms with Crippen LogP contribution in [0.3, 0.4) is 0 Å². The highest BCUT2D eigenvalue weighted by atomic mass is 16.5. The fourth-order valence-corrected chi connectivity index (χ4v) is 4.18. The highest BCUT2D eigenvalue weighted by molar-refractivity contribution is 5.83. The minimum absolute atomic E-state index is 0.131. The van der Waals surface area contributed by atoms with Gasteiger partial charge in [-0.2, -0.15) is 0 Å². The molecule has 0 aromatic heterocycles. The lowest BCUT2D eigenvalue weighted by molar-refractivity contribution is -0.154. The Kier molecular flexibility index (Phi) is 5.93. The highest BCUT2D eigenvalue weighted by Crippen LogP contribution is 2.28. The molecule has 7 heteroatoms. The molecule has 0 spiro atoms. The van der Waals surface area contributed by atoms with Gasteiger partial charge in [-0.25, -0.2) is 4.79 Å². The van der Waals surface area contributed by atoms with Crippen molar-refractivity contribution < 1.29 is 24.2 Å². The molecule has 0 aromatic carbocycles. The van der Waals surface area contributed by atoms with E-state index in [1.54, 1.807) is 4.90 Å². The first-order chi connectivity index (χ1) is 12.0. The van der Waals surface area contributed by atoms with Gasteiger partial charge < -0.3 is 19.6 Å². The Hall–Kier alpha value is -1.63. The predicted octanol–water partition coefficient (Wildman–Crippen LogP) is 1.26. The quantitative estimate of drug-likeness (QED) is 0.823. The first-order valence-electron chi connectivity index (χ1n) is 9.49. The van der Waals surface area contributed by atoms with E-state index < -0.39 is 18.2 Å². The van der Waals surface area contributed by atoms with Gasteiger partial charge in [0.1, 0.15) is 6.10 Å². The molecule has 0 radical (unpaired) electrons. The van der Waals surface area contributed by atoms with Crippen molar-refractivity contribution in [2.45, 2.75) is 63.6 Å². The van der Waals surface area contributed by atoms with Crippen LogP contribution < -0.4 is 0 Å². The summed E-state index contributed by atoms with van der Waals surface area (Å²) in [6, 6.07) is 0. The second kappa shape index (κ2) is 8.17. The standard InChI is InChI=1S/C18H28N2O5/c21-16(12-13-4-1-2-5-13)19-8-3-9-20(11-10-19)17(22)14-6-7-15(25-14)18(23)24/h13-15H,1-12H2,(H,23,24)/t14-,15+/m0/s1. The average Bonchev–Trinajstić information content (AvgIpc) is 3.21. The number of carboxylic acids is 1. The number of nitrogens with zero attached hydrogens (tertiary/aromatic N) is 2. The minimum atomic E-state index is -1.00. The van der Waals surface area contributed by atoms with Gasteiger partial charge in [0, 0.05) is 32.6 Å². The smallest absolute Gasteiger partial charge is 0.332 e. The van der Waals surface area contributed by atoms with Crippen LogP contribution in [0.1, 0.15) is 51.4 Å². The summed E-state index contributed by atoms with van der Waals surface area (Å²) in [5.74, 6) is -0.388. The monoisotopic (exact) mass is 352 g/mol. The predicted molar refractivity (Wildman–Crippen MR) is 89.9 cm³/mol. The molecule has 3 fully saturated rings. The molecule has 140 valence electrons. The van der Waals surface area contributed by atoms with Gasteiger partial charge in [0.2, 0.25) is 5.91 Å². The molecule has 1 saturated carbocycles. The fourth-order valence-electron chi connectivity index (χ4n) is 4.18. The molecule has 7 nitrogen and oxygen atoms in total. The second-order valence-electron chi connectivity index (χ2n) is 7.44. The topological polar surface area (TPSA) is 87.2 Å². The summed E-state index contributed by atoms with van der Waals surface area (Å²) in [6.45, 7) is 2.36. The Bertz CT molecular complexity index is 518. The van der Waals surface area contributed by atoms with Gasteiger partial charge in [-0.3, -0.25) is 9.59 Å². The maximum atomic E-state index is 12.6. The molecule has 2 atom stereocenters. The Morgan fingerprint density at radius 1 is 0.840 bits per heavy atom. The zero-order chi connectivity index (χ0) is 17.8. The summed E-state index contributed by atoms with van der Waals surface area (Å²) in [7, 11) is 0. The zero-order valence-corrected chi connectivity index (χ0v) is 14.7. The van der Waals surface area contributed by atoms with Crippen LogP contribution in [0.25, 0.3) is 0 Å². The van der Waals surface area contributed by atoms with Crippen molar-refractivity contribution >= 4 is 17.8 Å². The Morgan fingerprint density at radius 3 is 2.16 bits per heavy atom. The maximum Gasteiger partial charge on any atom is 0.332 e. The molecule has 1 N–H and O–H groups in total. The van der Waals surface area contributed by atoms with Gasteiger partial charge in [0.15, 0.2) is 6.10 Å². The van der Waals surface area contributed by atoms with E-state index in [1.165, 1.54) is 12.8 Å². The molecule has 25 heavy (non-hydrogen) atoms. The zero-order valence-electron chi connectivity index (χ0n) is 14.7. The number of carbonyl (C=O) groups is 3. The van der Waals surface area contributed by atoms with Crippen molar-refractivity contribution in [2.75, 3.05) is 26.2 Å². The Balaban J connectivity index is 1.48. The minimum Gasteiger partial charge on any atom is -0.479 e. The normalized spacial score (nSPS) is 28.2. The molecule has 0 aromatic rings. The van der Waals surface area contributed by atoms with Crippen LogP contribution in [0, 0.1) is 5.92 Å². The molecule has 1 aliphatic carbocycles. The van der Waals surface area contributed by atoms with Crippen molar-refractivity contribution in [1.82, 2.24) is 9.80 Å². The summed E-state index contributed by atoms with van der Waals surface area (Å²) in [5, 5.41) is 8.99. The van der Waals surface area contributed by atoms with Crippen LogP contribution in [0.4, 0.5) is 0 Å². The van der Waals surface area contributed by atoms with Gasteiger partial charge in [-0.1, -0.05) is 12.8 Å². The van der Waals surface area contributed by atoms with E-state index in [4.69, 9.17) is 9.84 Å². The van der Waals surface area contributed by atoms with Gasteiger partial charge in [-0.05, 0) is 38.0 Å². The first-order valence-corrected chi connectivity index (χ1v) is 9.49. The van der Waals surface area contributed by atoms with Crippen molar-refractivity contribution in [2.24, 2.45) is 5.92 Å². The van der Waals surface area contributed by atoms with Crippen LogP contribution in [0.2, 0.25) is 0 Å². The molecule has 2 amide bonds. The van der Waals surface area contributed by atoms with Crippen molar-refractivity contribution in [3.8, 4) is 0 Å². The van der Waals surface area contributed by atoms with Crippen LogP contribution >= 0.6 is 0 Å². The third-order valence-corrected chi connectivity index (χ3v) is 5.67. The van der Waals surface area contributed by atoms with E-state index in [1.807, 2.05) is 4.90 Å². The summed E-state index contributed by atoms with van der Waals surface area (Å²) in [6.07, 6.45) is 5.51. The maximum absolute atomic E-state index is 12.6. The molecule has 3 aliphatic rings. The van der Waals surface area contributed by atoms with Gasteiger partial charge in [0.25, 0.3) is 5.91 Å². The number of rotatable bonds is 4. The number of amides is 2. The Labute approximate surface area is 148 Å². The lowest BCUT2D eigenvalue weighted by atomic mass is 10.0. The Morgan fingerprint density at radius 2 is 1.48 bits per heavy atom. The van der Waals surface area contributed by atoms with Crippen molar-refractivity contribution in [3.63, 3.8) is 0 Å². The number of hydrogen-bond donors (Lipinski definition) is 1. The average molecular weight is 352 g/mol. The lowest BCUT2D eigenvalue weighted by Crippen LogP contribution is -2.42. The van der Waals surface area contributed by atoms with Crippen molar-refractivity contribution in [1.29, 1.82) is 0 Å². The highest BCUT2D eigenvalue weighted by Gasteiger charge is 2.37. The second-order valence-corrected chi connectivity index (χ2v) is 7.44. The summed E-state index contributed by atoms with van der Waals surface area (Å²) < 4.78 is 5.37. The van der Waals surface area contributed by atoms with E-state index in [9.17, 15) is 14.4 Å². The summed E-state index contributed by atoms with van der Waals surface area (Å²) >= 11 is 0. The van der Waals surface area contributed by atoms with Crippen molar-refractivity contribution in [3.05, 3.63) is 0 Å². The number of carbonyl (C=O) groups excluding carboxylic acids is 2. The molecular formula is C18H28N2O5. The molecular weight excluding hydrogens is 324 g/mol. The van der Waals surface area contributed by atoms with E-state index in [0.29, 0.717) is 51.4 Å². The van der Waals surface area contributed by atoms with Crippen LogP contribution in [-0.4, -0.2) is 71.1 Å². The number of hydrogen-bond acceptors (Lipinski definition) is 4. The summed E-state index contributed by atoms with van der Waals surface area (Å²) in [5.41, 5.74) is 0. The molecule has 0 unspecified atom stereocenters. The lowest BCUT2D eigenvalue weighted by Gasteiger charge is -2.25. The third-order valence-electron chi connectivity index (χ3n) is 5.67. The van der Waals surface area contributed by atoms with Gasteiger partial charge >= 0.3 is 5.97 Å². The number of ether oxygens (including phenoxy) is 1. The van der Waals surface area contributed by atoms with E-state index >= 15 is 0 Å². The fraction of sp³-hybridized carbons (Fsp3) is 0.833. The van der Waals surface area contributed by atoms with Gasteiger partial charge in [0.05, 0.1) is 0 Å². The van der Waals surface area contributed by atoms with Crippen LogP contribution in [-0.2, 0) is 19.1 Å². The van der Waals surface area contributed by atoms with Gasteiger partial charge in [-0.15, -0.1) is 0 Å². The largest absolute Gasteiger partial charge is 0.479 e. The molecule has 2 saturated heterocycles. The third kappa shape index (κ3) is 4.51. The van der Waals surface area contributed by atoms with Crippen LogP contribution in [0.15, 0.2) is 0 Å². The SMILES string of the molecule is O=C(O)[C@H]1CC[C@@H](C(=O)N2CCCN(C(=O)CC3CCCC3)CC2)O1. The molecule has 2 heterocycles. The van der Waals surface area contributed by atoms with E-state index in [0.717, 1.165) is 19.3 Å². The summed E-state index contributed by atoms with van der Waals surface area (Å²) in [4.78, 5) is 39.7. The number of aliphatic carboxylic acids is 1. The molecule has 3 rings (SSSR count). The van der Waals surface area contributed by atoms with E-state index in [-0.39, 0.29) is 11.8 Å². The number of carboxylic acid groups (broad SMARTS) is 1. The first kappa shape index (κ1) is 18.2.